The zero-order chi connectivity index (χ0) is 12.0. The van der Waals surface area contributed by atoms with E-state index in [4.69, 9.17) is 15.2 Å². The molecule has 0 fully saturated rings. The lowest BCUT2D eigenvalue weighted by molar-refractivity contribution is 0.0550. The second-order valence-electron chi connectivity index (χ2n) is 3.69. The molecule has 0 saturated heterocycles. The van der Waals surface area contributed by atoms with Crippen molar-refractivity contribution in [1.82, 2.24) is 0 Å². The first-order valence-corrected chi connectivity index (χ1v) is 6.16. The molecule has 1 aromatic rings. The van der Waals surface area contributed by atoms with E-state index in [-0.39, 0.29) is 6.10 Å². The van der Waals surface area contributed by atoms with Crippen LogP contribution in [0.3, 0.4) is 0 Å². The van der Waals surface area contributed by atoms with E-state index in [0.29, 0.717) is 19.8 Å². The Morgan fingerprint density at radius 3 is 2.69 bits per heavy atom. The Morgan fingerprint density at radius 1 is 1.31 bits per heavy atom. The molecule has 0 spiro atoms. The molecule has 0 aliphatic rings. The van der Waals surface area contributed by atoms with Crippen LogP contribution in [0.5, 0.6) is 5.75 Å². The number of nitrogens with two attached hydrogens (primary N) is 1. The van der Waals surface area contributed by atoms with Gasteiger partial charge in [-0.25, -0.2) is 0 Å². The van der Waals surface area contributed by atoms with Crippen LogP contribution in [0.4, 0.5) is 0 Å². The molecule has 0 radical (unpaired) electrons. The van der Waals surface area contributed by atoms with Gasteiger partial charge in [-0.15, -0.1) is 0 Å². The topological polar surface area (TPSA) is 44.5 Å². The summed E-state index contributed by atoms with van der Waals surface area (Å²) < 4.78 is 12.0. The number of benzene rings is 1. The summed E-state index contributed by atoms with van der Waals surface area (Å²) in [7, 11) is 0. The van der Waals surface area contributed by atoms with Crippen molar-refractivity contribution in [2.24, 2.45) is 5.73 Å². The van der Waals surface area contributed by atoms with E-state index in [9.17, 15) is 0 Å². The van der Waals surface area contributed by atoms with Gasteiger partial charge >= 0.3 is 0 Å². The lowest BCUT2D eigenvalue weighted by Crippen LogP contribution is -2.12. The van der Waals surface area contributed by atoms with Crippen LogP contribution in [0, 0.1) is 0 Å². The van der Waals surface area contributed by atoms with Gasteiger partial charge in [-0.1, -0.05) is 22.0 Å². The summed E-state index contributed by atoms with van der Waals surface area (Å²) in [4.78, 5) is 0. The van der Waals surface area contributed by atoms with Crippen molar-refractivity contribution >= 4 is 15.9 Å². The Balaban J connectivity index is 2.50. The second kappa shape index (κ2) is 6.89. The Bertz CT molecular complexity index is 329. The van der Waals surface area contributed by atoms with Gasteiger partial charge in [-0.2, -0.15) is 0 Å². The first-order chi connectivity index (χ1) is 7.65. The minimum Gasteiger partial charge on any atom is -0.491 e. The highest BCUT2D eigenvalue weighted by molar-refractivity contribution is 9.10. The van der Waals surface area contributed by atoms with E-state index in [2.05, 4.69) is 15.9 Å². The molecular formula is C12H18BrNO2. The van der Waals surface area contributed by atoms with E-state index in [1.54, 1.807) is 0 Å². The fourth-order valence-electron chi connectivity index (χ4n) is 1.31. The van der Waals surface area contributed by atoms with Gasteiger partial charge in [0.15, 0.2) is 0 Å². The van der Waals surface area contributed by atoms with Gasteiger partial charge in [0.25, 0.3) is 0 Å². The van der Waals surface area contributed by atoms with Gasteiger partial charge in [-0.3, -0.25) is 0 Å². The molecule has 1 rings (SSSR count). The summed E-state index contributed by atoms with van der Waals surface area (Å²) in [5.74, 6) is 0.823. The molecule has 2 N–H and O–H groups in total. The zero-order valence-electron chi connectivity index (χ0n) is 9.70. The maximum atomic E-state index is 5.66. The summed E-state index contributed by atoms with van der Waals surface area (Å²) in [5, 5.41) is 0. The van der Waals surface area contributed by atoms with Crippen molar-refractivity contribution in [2.75, 3.05) is 13.2 Å². The molecule has 4 heteroatoms. The van der Waals surface area contributed by atoms with Crippen molar-refractivity contribution in [2.45, 2.75) is 26.5 Å². The average molecular weight is 288 g/mol. The third-order valence-electron chi connectivity index (χ3n) is 2.07. The van der Waals surface area contributed by atoms with Gasteiger partial charge in [-0.05, 0) is 26.0 Å². The molecule has 90 valence electrons. The lowest BCUT2D eigenvalue weighted by atomic mass is 10.2. The summed E-state index contributed by atoms with van der Waals surface area (Å²) in [6, 6.07) is 5.81. The first kappa shape index (κ1) is 13.5. The number of halogens is 1. The van der Waals surface area contributed by atoms with Crippen molar-refractivity contribution in [3.63, 3.8) is 0 Å². The third kappa shape index (κ3) is 4.12. The van der Waals surface area contributed by atoms with E-state index >= 15 is 0 Å². The van der Waals surface area contributed by atoms with Crippen molar-refractivity contribution in [3.8, 4) is 5.75 Å². The predicted octanol–water partition coefficient (Wildman–Crippen LogP) is 2.71. The molecule has 0 aliphatic heterocycles. The van der Waals surface area contributed by atoms with Crippen LogP contribution in [-0.4, -0.2) is 19.3 Å². The van der Waals surface area contributed by atoms with E-state index in [1.165, 1.54) is 0 Å². The highest BCUT2D eigenvalue weighted by Gasteiger charge is 2.05. The van der Waals surface area contributed by atoms with Gasteiger partial charge in [0.2, 0.25) is 0 Å². The molecule has 0 bridgehead atoms. The molecule has 0 aliphatic carbocycles. The summed E-state index contributed by atoms with van der Waals surface area (Å²) in [6.45, 7) is 5.60. The standard InChI is InChI=1S/C12H18BrNO2/c1-9(2)15-6-7-16-12-5-3-4-11(13)10(12)8-14/h3-5,9H,6-8,14H2,1-2H3. The van der Waals surface area contributed by atoms with E-state index in [0.717, 1.165) is 15.8 Å². The Hall–Kier alpha value is -0.580. The number of hydrogen-bond acceptors (Lipinski definition) is 3. The van der Waals surface area contributed by atoms with Gasteiger partial charge in [0, 0.05) is 16.6 Å². The third-order valence-corrected chi connectivity index (χ3v) is 2.82. The van der Waals surface area contributed by atoms with Crippen molar-refractivity contribution < 1.29 is 9.47 Å². The van der Waals surface area contributed by atoms with Crippen LogP contribution in [-0.2, 0) is 11.3 Å². The van der Waals surface area contributed by atoms with Crippen LogP contribution in [0.1, 0.15) is 19.4 Å². The molecule has 0 saturated carbocycles. The largest absolute Gasteiger partial charge is 0.491 e. The van der Waals surface area contributed by atoms with Crippen molar-refractivity contribution in [1.29, 1.82) is 0 Å². The fourth-order valence-corrected chi connectivity index (χ4v) is 1.82. The molecule has 0 amide bonds. The molecule has 0 aromatic heterocycles. The lowest BCUT2D eigenvalue weighted by Gasteiger charge is -2.12. The average Bonchev–Trinajstić information content (AvgIpc) is 2.24. The normalized spacial score (nSPS) is 10.8. The summed E-state index contributed by atoms with van der Waals surface area (Å²) >= 11 is 3.45. The molecule has 3 nitrogen and oxygen atoms in total. The summed E-state index contributed by atoms with van der Waals surface area (Å²) in [5.41, 5.74) is 6.66. The molecule has 0 heterocycles. The first-order valence-electron chi connectivity index (χ1n) is 5.37. The van der Waals surface area contributed by atoms with E-state index < -0.39 is 0 Å². The molecular weight excluding hydrogens is 270 g/mol. The minimum atomic E-state index is 0.236. The van der Waals surface area contributed by atoms with Gasteiger partial charge < -0.3 is 15.2 Å². The van der Waals surface area contributed by atoms with Crippen LogP contribution in [0.15, 0.2) is 22.7 Å². The highest BCUT2D eigenvalue weighted by atomic mass is 79.9. The van der Waals surface area contributed by atoms with Crippen LogP contribution in [0.25, 0.3) is 0 Å². The van der Waals surface area contributed by atoms with Gasteiger partial charge in [0.05, 0.1) is 12.7 Å². The Labute approximate surface area is 105 Å². The van der Waals surface area contributed by atoms with Gasteiger partial charge in [0.1, 0.15) is 12.4 Å². The SMILES string of the molecule is CC(C)OCCOc1cccc(Br)c1CN. The van der Waals surface area contributed by atoms with Crippen LogP contribution in [0.2, 0.25) is 0 Å². The fraction of sp³-hybridized carbons (Fsp3) is 0.500. The Morgan fingerprint density at radius 2 is 2.06 bits per heavy atom. The predicted molar refractivity (Wildman–Crippen MR) is 68.6 cm³/mol. The molecule has 0 atom stereocenters. The maximum absolute atomic E-state index is 5.66. The minimum absolute atomic E-state index is 0.236. The van der Waals surface area contributed by atoms with Crippen LogP contribution >= 0.6 is 15.9 Å². The maximum Gasteiger partial charge on any atom is 0.125 e. The number of ether oxygens (including phenoxy) is 2. The Kier molecular flexibility index (Phi) is 5.80. The monoisotopic (exact) mass is 287 g/mol. The molecule has 1 aromatic carbocycles. The van der Waals surface area contributed by atoms with Crippen molar-refractivity contribution in [3.05, 3.63) is 28.2 Å². The number of rotatable bonds is 6. The summed E-state index contributed by atoms with van der Waals surface area (Å²) in [6.07, 6.45) is 0.236. The second-order valence-corrected chi connectivity index (χ2v) is 4.54. The zero-order valence-corrected chi connectivity index (χ0v) is 11.3. The van der Waals surface area contributed by atoms with Crippen LogP contribution < -0.4 is 10.5 Å². The number of hydrogen-bond donors (Lipinski definition) is 1. The van der Waals surface area contributed by atoms with E-state index in [1.807, 2.05) is 32.0 Å². The highest BCUT2D eigenvalue weighted by Crippen LogP contribution is 2.26. The molecule has 16 heavy (non-hydrogen) atoms. The quantitative estimate of drug-likeness (QED) is 0.819. The smallest absolute Gasteiger partial charge is 0.125 e. The molecule has 0 unspecified atom stereocenters.